The predicted octanol–water partition coefficient (Wildman–Crippen LogP) is 21.0. The second-order valence-electron chi connectivity index (χ2n) is 22.7. The van der Waals surface area contributed by atoms with Crippen LogP contribution < -0.4 is 9.80 Å². The van der Waals surface area contributed by atoms with Crippen LogP contribution in [0.25, 0.3) is 123 Å². The van der Waals surface area contributed by atoms with Crippen molar-refractivity contribution in [1.82, 2.24) is 39.0 Å². The molecule has 11 heteroatoms. The molecule has 444 valence electrons. The van der Waals surface area contributed by atoms with Gasteiger partial charge in [0.1, 0.15) is 0 Å². The Morgan fingerprint density at radius 1 is 0.255 bits per heavy atom. The van der Waals surface area contributed by atoms with E-state index in [-0.39, 0.29) is 0 Å². The van der Waals surface area contributed by atoms with Crippen LogP contribution >= 0.6 is 20.7 Å². The Morgan fingerprint density at radius 2 is 0.521 bits per heavy atom. The van der Waals surface area contributed by atoms with Crippen LogP contribution in [0.5, 0.6) is 0 Å². The molecule has 0 saturated heterocycles. The molecule has 5 heterocycles. The average Bonchev–Trinajstić information content (AvgIpc) is 1.26. The molecule has 12 aromatic carbocycles. The molecule has 0 radical (unpaired) electrons. The summed E-state index contributed by atoms with van der Waals surface area (Å²) in [6.45, 7) is 0. The molecule has 0 atom stereocenters. The Hall–Kier alpha value is -12.1. The minimum Gasteiger partial charge on any atom is -0.308 e. The van der Waals surface area contributed by atoms with E-state index >= 15 is 0 Å². The number of fused-ring (bicyclic) bond motifs is 6. The monoisotopic (exact) mass is 1320 g/mol. The summed E-state index contributed by atoms with van der Waals surface area (Å²) in [5.41, 5.74) is 14.4. The first-order chi connectivity index (χ1) is 46.7. The van der Waals surface area contributed by atoms with Crippen molar-refractivity contribution in [3.63, 3.8) is 0 Å². The number of aromatic nitrogens is 8. The van der Waals surface area contributed by atoms with Gasteiger partial charge in [0.2, 0.25) is 0 Å². The molecule has 0 unspecified atom stereocenters. The van der Waals surface area contributed by atoms with Crippen LogP contribution in [0.1, 0.15) is 0 Å². The third kappa shape index (κ3) is 9.93. The Morgan fingerprint density at radius 3 is 0.830 bits per heavy atom. The highest BCUT2D eigenvalue weighted by atomic mass is 127. The van der Waals surface area contributed by atoms with Crippen molar-refractivity contribution in [2.45, 2.75) is 0 Å². The van der Waals surface area contributed by atoms with Gasteiger partial charge in [-0.15, -0.1) is 0 Å². The fourth-order valence-electron chi connectivity index (χ4n) is 13.1. The van der Waals surface area contributed by atoms with Gasteiger partial charge in [-0.1, -0.05) is 282 Å². The molecular formula is C83H55IN10. The number of halogens is 1. The van der Waals surface area contributed by atoms with Gasteiger partial charge in [0.25, 0.3) is 0 Å². The summed E-state index contributed by atoms with van der Waals surface area (Å²) < 4.78 is 8.38. The van der Waals surface area contributed by atoms with Crippen LogP contribution in [0.15, 0.2) is 332 Å². The molecule has 0 spiro atoms. The molecular weight excluding hydrogens is 1260 g/mol. The second kappa shape index (κ2) is 24.3. The first-order valence-electron chi connectivity index (χ1n) is 31.2. The summed E-state index contributed by atoms with van der Waals surface area (Å²) in [4.78, 5) is 39.6. The molecule has 0 saturated carbocycles. The van der Waals surface area contributed by atoms with E-state index in [1.807, 2.05) is 72.8 Å². The lowest BCUT2D eigenvalue weighted by atomic mass is 9.94. The minimum absolute atomic E-state index is 0.434. The van der Waals surface area contributed by atoms with E-state index in [0.29, 0.717) is 40.5 Å². The van der Waals surface area contributed by atoms with E-state index in [0.717, 1.165) is 115 Å². The van der Waals surface area contributed by atoms with Crippen LogP contribution in [0.4, 0.5) is 28.4 Å². The van der Waals surface area contributed by atoms with Gasteiger partial charge in [0.05, 0.1) is 59.6 Å². The van der Waals surface area contributed by atoms with Crippen molar-refractivity contribution in [2.24, 2.45) is 0 Å². The first-order valence-corrected chi connectivity index (χ1v) is 33.6. The van der Waals surface area contributed by atoms with Crippen molar-refractivity contribution in [1.29, 1.82) is 0 Å². The van der Waals surface area contributed by atoms with E-state index in [2.05, 4.69) is 278 Å². The molecule has 16 aromatic rings. The summed E-state index contributed by atoms with van der Waals surface area (Å²) >= 11 is -0.845. The molecule has 10 nitrogen and oxygen atoms in total. The minimum atomic E-state index is -0.845. The van der Waals surface area contributed by atoms with E-state index in [1.54, 1.807) is 0 Å². The van der Waals surface area contributed by atoms with Crippen LogP contribution in [0, 0.1) is 0 Å². The lowest BCUT2D eigenvalue weighted by Gasteiger charge is -2.37. The molecule has 0 bridgehead atoms. The van der Waals surface area contributed by atoms with Crippen molar-refractivity contribution < 1.29 is 0 Å². The van der Waals surface area contributed by atoms with Crippen molar-refractivity contribution in [3.8, 4) is 79.7 Å². The number of hydrogen-bond acceptors (Lipinski definition) is 8. The van der Waals surface area contributed by atoms with Crippen LogP contribution in [0.3, 0.4) is 0 Å². The lowest BCUT2D eigenvalue weighted by molar-refractivity contribution is 1.04. The highest BCUT2D eigenvalue weighted by Gasteiger charge is 2.40. The number of rotatable bonds is 14. The zero-order chi connectivity index (χ0) is 62.3. The molecule has 0 N–H and O–H groups in total. The SMILES string of the molecule is C1=CI=C(N(c2ccccc2)c2c(-c3nc(-c4ccccc4)nc(-c4ccccc4)n3)c(-n3c4ccccc4c4ccccc43)c(N(c3ccccc3)c3ccccc3)c(-c3nc(-c4ccccc4)nc(-c4ccccc4)n3)c2-n2c3ccccc3c3ccccc32)C=C1. The van der Waals surface area contributed by atoms with Gasteiger partial charge < -0.3 is 18.9 Å². The number of nitrogens with zero attached hydrogens (tertiary/aromatic N) is 10. The lowest BCUT2D eigenvalue weighted by Crippen LogP contribution is -2.28. The Kier molecular flexibility index (Phi) is 14.5. The van der Waals surface area contributed by atoms with E-state index < -0.39 is 20.7 Å². The third-order valence-corrected chi connectivity index (χ3v) is 19.4. The maximum absolute atomic E-state index is 5.95. The van der Waals surface area contributed by atoms with E-state index in [1.165, 1.54) is 0 Å². The normalized spacial score (nSPS) is 12.1. The number of benzene rings is 12. The molecule has 0 fully saturated rings. The van der Waals surface area contributed by atoms with E-state index in [9.17, 15) is 0 Å². The summed E-state index contributed by atoms with van der Waals surface area (Å²) in [5.74, 6) is 2.92. The molecule has 94 heavy (non-hydrogen) atoms. The summed E-state index contributed by atoms with van der Waals surface area (Å²) in [7, 11) is 0. The van der Waals surface area contributed by atoms with Gasteiger partial charge in [-0.25, -0.2) is 29.9 Å². The zero-order valence-corrected chi connectivity index (χ0v) is 52.8. The number of anilines is 5. The van der Waals surface area contributed by atoms with Crippen molar-refractivity contribution in [3.05, 3.63) is 332 Å². The standard InChI is InChI=1S/C83H55IN10/c1-8-32-56(33-9-1)78-85-79(57-34-10-2-11-35-57)88-82(87-78)72-74(91(60-40-16-5-17-41-60)61-42-18-6-19-43-61)76(93-67-50-26-22-46-63(67)64-47-23-27-51-68(64)93)73(83-89-80(58-36-12-3-13-37-58)86-81(90-83)59-38-14-4-15-39-59)75(92(62-44-20-7-21-45-62)71-54-30-31-55-84-71)77(72)94-69-52-28-24-48-65(69)66-49-25-29-53-70(66)94/h1-55H. The van der Waals surface area contributed by atoms with Crippen molar-refractivity contribution in [2.75, 3.05) is 9.80 Å². The topological polar surface area (TPSA) is 93.7 Å². The first kappa shape index (κ1) is 56.0. The molecule has 0 aliphatic carbocycles. The molecule has 4 aromatic heterocycles. The Labute approximate surface area is 552 Å². The van der Waals surface area contributed by atoms with Crippen LogP contribution in [-0.4, -0.2) is 42.7 Å². The maximum atomic E-state index is 5.95. The maximum Gasteiger partial charge on any atom is 0.168 e. The largest absolute Gasteiger partial charge is 0.308 e. The van der Waals surface area contributed by atoms with Crippen LogP contribution in [0.2, 0.25) is 0 Å². The molecule has 0 amide bonds. The Balaban J connectivity index is 1.24. The van der Waals surface area contributed by atoms with Gasteiger partial charge in [-0.3, -0.25) is 0 Å². The summed E-state index contributed by atoms with van der Waals surface area (Å²) in [5, 5.41) is 4.28. The zero-order valence-electron chi connectivity index (χ0n) is 50.6. The molecule has 1 aliphatic heterocycles. The van der Waals surface area contributed by atoms with Gasteiger partial charge in [-0.05, 0) is 70.8 Å². The van der Waals surface area contributed by atoms with Crippen molar-refractivity contribution >= 4 is 96.4 Å². The quantitative estimate of drug-likeness (QED) is 0.0994. The second-order valence-corrected chi connectivity index (χ2v) is 25.2. The highest BCUT2D eigenvalue weighted by Crippen LogP contribution is 2.59. The fraction of sp³-hybridized carbons (Fsp3) is 0. The summed E-state index contributed by atoms with van der Waals surface area (Å²) in [6.07, 6.45) is 6.63. The highest BCUT2D eigenvalue weighted by molar-refractivity contribution is 14.2. The van der Waals surface area contributed by atoms with Gasteiger partial charge in [0, 0.05) is 60.9 Å². The number of para-hydroxylation sites is 7. The Bertz CT molecular complexity index is 5340. The van der Waals surface area contributed by atoms with E-state index in [4.69, 9.17) is 29.9 Å². The van der Waals surface area contributed by atoms with Gasteiger partial charge >= 0.3 is 0 Å². The van der Waals surface area contributed by atoms with Gasteiger partial charge in [0.15, 0.2) is 34.9 Å². The van der Waals surface area contributed by atoms with Gasteiger partial charge in [-0.2, -0.15) is 0 Å². The van der Waals surface area contributed by atoms with Crippen LogP contribution in [-0.2, 0) is 0 Å². The number of allylic oxidation sites excluding steroid dienone is 2. The number of hydrogen-bond donors (Lipinski definition) is 0. The predicted molar refractivity (Wildman–Crippen MR) is 395 cm³/mol. The summed E-state index contributed by atoms with van der Waals surface area (Å²) in [6, 6.07) is 108. The smallest absolute Gasteiger partial charge is 0.168 e. The molecule has 1 aliphatic rings. The third-order valence-electron chi connectivity index (χ3n) is 17.1. The fourth-order valence-corrected chi connectivity index (χ4v) is 15.1. The molecule has 17 rings (SSSR count). The average molecular weight is 1320 g/mol.